The van der Waals surface area contributed by atoms with Crippen LogP contribution in [0, 0.1) is 11.8 Å². The van der Waals surface area contributed by atoms with Crippen LogP contribution in [0.1, 0.15) is 44.2 Å². The van der Waals surface area contributed by atoms with E-state index in [0.717, 1.165) is 37.8 Å². The van der Waals surface area contributed by atoms with Crippen LogP contribution in [0.4, 0.5) is 5.13 Å². The first-order valence-corrected chi connectivity index (χ1v) is 8.88. The van der Waals surface area contributed by atoms with Crippen molar-refractivity contribution in [1.29, 1.82) is 0 Å². The van der Waals surface area contributed by atoms with Crippen molar-refractivity contribution in [2.24, 2.45) is 11.8 Å². The van der Waals surface area contributed by atoms with E-state index in [4.69, 9.17) is 9.72 Å². The molecule has 0 bridgehead atoms. The number of ether oxygens (including phenoxy) is 1. The zero-order valence-electron chi connectivity index (χ0n) is 13.8. The summed E-state index contributed by atoms with van der Waals surface area (Å²) in [5.41, 5.74) is 1.11. The van der Waals surface area contributed by atoms with Gasteiger partial charge in [0, 0.05) is 31.6 Å². The van der Waals surface area contributed by atoms with Crippen LogP contribution < -0.4 is 10.2 Å². The average Bonchev–Trinajstić information content (AvgIpc) is 3.06. The number of rotatable bonds is 8. The lowest BCUT2D eigenvalue weighted by atomic mass is 10.1. The Hall–Kier alpha value is -0.650. The zero-order valence-corrected chi connectivity index (χ0v) is 14.6. The molecule has 1 atom stereocenters. The summed E-state index contributed by atoms with van der Waals surface area (Å²) in [6.45, 7) is 11.6. The summed E-state index contributed by atoms with van der Waals surface area (Å²) in [5, 5.41) is 4.70. The third-order valence-electron chi connectivity index (χ3n) is 4.02. The highest BCUT2D eigenvalue weighted by atomic mass is 32.1. The van der Waals surface area contributed by atoms with E-state index in [9.17, 15) is 0 Å². The Bertz CT molecular complexity index is 433. The van der Waals surface area contributed by atoms with E-state index in [1.165, 1.54) is 22.9 Å². The molecule has 0 radical (unpaired) electrons. The smallest absolute Gasteiger partial charge is 0.185 e. The Morgan fingerprint density at radius 2 is 2.29 bits per heavy atom. The fraction of sp³-hybridized carbons (Fsp3) is 0.812. The molecular weight excluding hydrogens is 282 g/mol. The van der Waals surface area contributed by atoms with Gasteiger partial charge in [-0.15, -0.1) is 11.3 Å². The third kappa shape index (κ3) is 4.66. The monoisotopic (exact) mass is 311 g/mol. The fourth-order valence-electron chi connectivity index (χ4n) is 2.71. The lowest BCUT2D eigenvalue weighted by Crippen LogP contribution is -2.19. The van der Waals surface area contributed by atoms with E-state index in [1.54, 1.807) is 7.11 Å². The van der Waals surface area contributed by atoms with Crippen molar-refractivity contribution in [3.05, 3.63) is 10.6 Å². The minimum atomic E-state index is 0.611. The van der Waals surface area contributed by atoms with Crippen molar-refractivity contribution >= 4 is 16.5 Å². The van der Waals surface area contributed by atoms with Crippen LogP contribution in [-0.2, 0) is 17.9 Å². The highest BCUT2D eigenvalue weighted by molar-refractivity contribution is 7.15. The number of hydrogen-bond donors (Lipinski definition) is 1. The van der Waals surface area contributed by atoms with Gasteiger partial charge in [-0.25, -0.2) is 4.98 Å². The van der Waals surface area contributed by atoms with Crippen molar-refractivity contribution in [2.75, 3.05) is 31.6 Å². The molecule has 21 heavy (non-hydrogen) atoms. The Labute approximate surface area is 132 Å². The number of anilines is 1. The van der Waals surface area contributed by atoms with Gasteiger partial charge in [-0.2, -0.15) is 0 Å². The summed E-state index contributed by atoms with van der Waals surface area (Å²) in [5.74, 6) is 1.51. The zero-order chi connectivity index (χ0) is 15.2. The van der Waals surface area contributed by atoms with Crippen LogP contribution >= 0.6 is 11.3 Å². The Kier molecular flexibility index (Phi) is 6.45. The predicted octanol–water partition coefficient (Wildman–Crippen LogP) is 3.27. The minimum Gasteiger partial charge on any atom is -0.378 e. The quantitative estimate of drug-likeness (QED) is 0.799. The van der Waals surface area contributed by atoms with Crippen LogP contribution in [0.5, 0.6) is 0 Å². The highest BCUT2D eigenvalue weighted by Gasteiger charge is 2.24. The summed E-state index contributed by atoms with van der Waals surface area (Å²) >= 11 is 1.83. The Balaban J connectivity index is 2.02. The van der Waals surface area contributed by atoms with Crippen molar-refractivity contribution < 1.29 is 4.74 Å². The van der Waals surface area contributed by atoms with Gasteiger partial charge in [0.25, 0.3) is 0 Å². The van der Waals surface area contributed by atoms with E-state index >= 15 is 0 Å². The minimum absolute atomic E-state index is 0.611. The molecule has 0 spiro atoms. The van der Waals surface area contributed by atoms with Crippen LogP contribution in [0.15, 0.2) is 0 Å². The average molecular weight is 311 g/mol. The summed E-state index contributed by atoms with van der Waals surface area (Å²) < 4.78 is 5.31. The second-order valence-electron chi connectivity index (χ2n) is 6.33. The molecule has 1 aliphatic rings. The molecule has 0 aliphatic carbocycles. The topological polar surface area (TPSA) is 37.4 Å². The van der Waals surface area contributed by atoms with Gasteiger partial charge in [0.15, 0.2) is 5.13 Å². The SMILES string of the molecule is CCC1CCN(c2nc(COC)c(CNCC(C)C)s2)C1. The van der Waals surface area contributed by atoms with Gasteiger partial charge in [-0.1, -0.05) is 27.2 Å². The number of hydrogen-bond acceptors (Lipinski definition) is 5. The molecule has 1 aliphatic heterocycles. The van der Waals surface area contributed by atoms with Gasteiger partial charge in [0.2, 0.25) is 0 Å². The van der Waals surface area contributed by atoms with Gasteiger partial charge in [-0.3, -0.25) is 0 Å². The molecule has 120 valence electrons. The van der Waals surface area contributed by atoms with Crippen LogP contribution in [-0.4, -0.2) is 31.7 Å². The van der Waals surface area contributed by atoms with E-state index < -0.39 is 0 Å². The molecule has 1 aromatic rings. The molecule has 4 nitrogen and oxygen atoms in total. The first-order chi connectivity index (χ1) is 10.1. The van der Waals surface area contributed by atoms with Gasteiger partial charge in [0.1, 0.15) is 0 Å². The standard InChI is InChI=1S/C16H29N3OS/c1-5-13-6-7-19(10-13)16-18-14(11-20-4)15(21-16)9-17-8-12(2)3/h12-13,17H,5-11H2,1-4H3. The summed E-state index contributed by atoms with van der Waals surface area (Å²) in [6.07, 6.45) is 2.58. The Morgan fingerprint density at radius 1 is 1.48 bits per heavy atom. The van der Waals surface area contributed by atoms with E-state index in [2.05, 4.69) is 31.0 Å². The number of nitrogens with zero attached hydrogens (tertiary/aromatic N) is 2. The molecule has 1 N–H and O–H groups in total. The lowest BCUT2D eigenvalue weighted by Gasteiger charge is -2.14. The number of methoxy groups -OCH3 is 1. The number of thiazole rings is 1. The second kappa shape index (κ2) is 8.11. The van der Waals surface area contributed by atoms with E-state index in [-0.39, 0.29) is 0 Å². The highest BCUT2D eigenvalue weighted by Crippen LogP contribution is 2.31. The van der Waals surface area contributed by atoms with Gasteiger partial charge in [-0.05, 0) is 24.8 Å². The lowest BCUT2D eigenvalue weighted by molar-refractivity contribution is 0.181. The van der Waals surface area contributed by atoms with Crippen LogP contribution in [0.2, 0.25) is 0 Å². The molecule has 0 saturated carbocycles. The molecule has 1 saturated heterocycles. The first-order valence-electron chi connectivity index (χ1n) is 8.07. The number of aromatic nitrogens is 1. The molecular formula is C16H29N3OS. The molecule has 1 fully saturated rings. The maximum absolute atomic E-state index is 5.31. The molecule has 0 aromatic carbocycles. The molecule has 1 unspecified atom stereocenters. The second-order valence-corrected chi connectivity index (χ2v) is 7.40. The van der Waals surface area contributed by atoms with E-state index in [0.29, 0.717) is 12.5 Å². The maximum atomic E-state index is 5.31. The summed E-state index contributed by atoms with van der Waals surface area (Å²) in [4.78, 5) is 8.60. The normalized spacial score (nSPS) is 18.9. The maximum Gasteiger partial charge on any atom is 0.185 e. The summed E-state index contributed by atoms with van der Waals surface area (Å²) in [7, 11) is 1.74. The number of nitrogens with one attached hydrogen (secondary N) is 1. The van der Waals surface area contributed by atoms with E-state index in [1.807, 2.05) is 11.3 Å². The van der Waals surface area contributed by atoms with Gasteiger partial charge < -0.3 is 15.0 Å². The fourth-order valence-corrected chi connectivity index (χ4v) is 3.77. The predicted molar refractivity (Wildman–Crippen MR) is 90.0 cm³/mol. The molecule has 2 rings (SSSR count). The molecule has 1 aromatic heterocycles. The van der Waals surface area contributed by atoms with Gasteiger partial charge >= 0.3 is 0 Å². The van der Waals surface area contributed by atoms with Crippen molar-refractivity contribution in [3.63, 3.8) is 0 Å². The van der Waals surface area contributed by atoms with Crippen molar-refractivity contribution in [2.45, 2.75) is 46.8 Å². The summed E-state index contributed by atoms with van der Waals surface area (Å²) in [6, 6.07) is 0. The molecule has 0 amide bonds. The van der Waals surface area contributed by atoms with Crippen molar-refractivity contribution in [1.82, 2.24) is 10.3 Å². The third-order valence-corrected chi connectivity index (χ3v) is 5.18. The Morgan fingerprint density at radius 3 is 2.90 bits per heavy atom. The van der Waals surface area contributed by atoms with Crippen molar-refractivity contribution in [3.8, 4) is 0 Å². The molecule has 2 heterocycles. The molecule has 5 heteroatoms. The largest absolute Gasteiger partial charge is 0.378 e. The van der Waals surface area contributed by atoms with Gasteiger partial charge in [0.05, 0.1) is 12.3 Å². The first kappa shape index (κ1) is 16.7. The van der Waals surface area contributed by atoms with Crippen LogP contribution in [0.25, 0.3) is 0 Å². The van der Waals surface area contributed by atoms with Crippen LogP contribution in [0.3, 0.4) is 0 Å².